The van der Waals surface area contributed by atoms with Gasteiger partial charge in [-0.2, -0.15) is 18.3 Å². The van der Waals surface area contributed by atoms with Crippen LogP contribution in [0.1, 0.15) is 45.3 Å². The largest absolute Gasteiger partial charge is 0.435 e. The Kier molecular flexibility index (Phi) is 8.59. The number of hydrogen-bond acceptors (Lipinski definition) is 4. The lowest BCUT2D eigenvalue weighted by Gasteiger charge is -2.22. The van der Waals surface area contributed by atoms with Crippen LogP contribution in [0.2, 0.25) is 0 Å². The van der Waals surface area contributed by atoms with Gasteiger partial charge in [-0.15, -0.1) is 0 Å². The molecule has 0 saturated heterocycles. The van der Waals surface area contributed by atoms with Crippen molar-refractivity contribution in [1.82, 2.24) is 20.1 Å². The average Bonchev–Trinajstić information content (AvgIpc) is 3.33. The van der Waals surface area contributed by atoms with Crippen molar-refractivity contribution < 1.29 is 44.7 Å². The molecule has 0 bridgehead atoms. The highest BCUT2D eigenvalue weighted by atomic mass is 19.4. The van der Waals surface area contributed by atoms with Crippen LogP contribution in [0.5, 0.6) is 0 Å². The lowest BCUT2D eigenvalue weighted by atomic mass is 9.94. The Morgan fingerprint density at radius 2 is 1.69 bits per heavy atom. The molecule has 2 aromatic heterocycles. The van der Waals surface area contributed by atoms with Gasteiger partial charge < -0.3 is 11.1 Å². The lowest BCUT2D eigenvalue weighted by Crippen LogP contribution is -2.34. The van der Waals surface area contributed by atoms with Gasteiger partial charge in [0.1, 0.15) is 24.0 Å². The Morgan fingerprint density at radius 1 is 1.00 bits per heavy atom. The molecule has 1 atom stereocenters. The summed E-state index contributed by atoms with van der Waals surface area (Å²) in [5.41, 5.74) is 2.07. The molecular formula is C27H19F8N5O2. The monoisotopic (exact) mass is 597 g/mol. The third kappa shape index (κ3) is 6.90. The topological polar surface area (TPSA) is 103 Å². The molecule has 4 rings (SSSR count). The van der Waals surface area contributed by atoms with Gasteiger partial charge in [0.25, 0.3) is 12.3 Å². The Balaban J connectivity index is 1.73. The molecule has 1 unspecified atom stereocenters. The summed E-state index contributed by atoms with van der Waals surface area (Å²) < 4.78 is 108. The van der Waals surface area contributed by atoms with Crippen molar-refractivity contribution in [3.8, 4) is 11.1 Å². The first-order chi connectivity index (χ1) is 19.7. The van der Waals surface area contributed by atoms with Gasteiger partial charge in [0.15, 0.2) is 5.69 Å². The van der Waals surface area contributed by atoms with E-state index in [0.29, 0.717) is 16.9 Å². The minimum atomic E-state index is -5.21. The van der Waals surface area contributed by atoms with Crippen molar-refractivity contribution in [2.24, 2.45) is 5.73 Å². The predicted molar refractivity (Wildman–Crippen MR) is 131 cm³/mol. The number of benzene rings is 2. The van der Waals surface area contributed by atoms with Gasteiger partial charge in [-0.05, 0) is 47.9 Å². The van der Waals surface area contributed by atoms with Crippen LogP contribution in [0.4, 0.5) is 35.1 Å². The van der Waals surface area contributed by atoms with Crippen LogP contribution >= 0.6 is 0 Å². The van der Waals surface area contributed by atoms with E-state index in [2.05, 4.69) is 15.4 Å². The van der Waals surface area contributed by atoms with Crippen molar-refractivity contribution in [3.63, 3.8) is 0 Å². The van der Waals surface area contributed by atoms with E-state index in [1.54, 1.807) is 0 Å². The van der Waals surface area contributed by atoms with Crippen LogP contribution in [0.3, 0.4) is 0 Å². The zero-order chi connectivity index (χ0) is 30.8. The van der Waals surface area contributed by atoms with Crippen LogP contribution in [0, 0.1) is 17.5 Å². The highest BCUT2D eigenvalue weighted by Gasteiger charge is 2.39. The fourth-order valence-corrected chi connectivity index (χ4v) is 4.29. The molecule has 2 aromatic carbocycles. The number of aromatic nitrogens is 3. The zero-order valence-electron chi connectivity index (χ0n) is 21.1. The molecular weight excluding hydrogens is 578 g/mol. The molecule has 220 valence electrons. The normalized spacial score (nSPS) is 12.4. The lowest BCUT2D eigenvalue weighted by molar-refractivity contribution is -0.143. The minimum absolute atomic E-state index is 0.0461. The summed E-state index contributed by atoms with van der Waals surface area (Å²) in [4.78, 5) is 28.9. The van der Waals surface area contributed by atoms with Gasteiger partial charge in [0.2, 0.25) is 5.91 Å². The third-order valence-electron chi connectivity index (χ3n) is 6.01. The van der Waals surface area contributed by atoms with Crippen molar-refractivity contribution >= 4 is 11.8 Å². The molecule has 15 heteroatoms. The number of primary amides is 1. The summed E-state index contributed by atoms with van der Waals surface area (Å²) in [7, 11) is 0. The number of nitrogens with one attached hydrogen (secondary N) is 1. The second kappa shape index (κ2) is 12.0. The Bertz CT molecular complexity index is 1620. The molecule has 0 fully saturated rings. The van der Waals surface area contributed by atoms with E-state index < -0.39 is 71.3 Å². The summed E-state index contributed by atoms with van der Waals surface area (Å²) in [5, 5.41) is 5.57. The first-order valence-electron chi connectivity index (χ1n) is 11.9. The van der Waals surface area contributed by atoms with Gasteiger partial charge in [-0.1, -0.05) is 12.1 Å². The van der Waals surface area contributed by atoms with E-state index in [4.69, 9.17) is 5.73 Å². The maximum absolute atomic E-state index is 14.1. The molecule has 0 aliphatic rings. The zero-order valence-corrected chi connectivity index (χ0v) is 21.1. The average molecular weight is 597 g/mol. The molecule has 3 N–H and O–H groups in total. The Labute approximate surface area is 232 Å². The van der Waals surface area contributed by atoms with Crippen molar-refractivity contribution in [1.29, 1.82) is 0 Å². The molecule has 0 saturated carbocycles. The standard InChI is InChI=1S/C27H19F8N5O2/c28-15-6-13(7-16(29)10-15)8-21(38-22(41)12-40-11-19(25(31)32)24(39-40)27(33,34)35)23-17(2-1-5-37-23)14-3-4-20(30)18(9-14)26(36)42/h1-7,9-11,21,25H,8,12H2,(H2,36,42)(H,38,41). The van der Waals surface area contributed by atoms with Gasteiger partial charge in [0, 0.05) is 24.0 Å². The summed E-state index contributed by atoms with van der Waals surface area (Å²) in [6.45, 7) is -0.936. The molecule has 42 heavy (non-hydrogen) atoms. The fourth-order valence-electron chi connectivity index (χ4n) is 4.29. The smallest absolute Gasteiger partial charge is 0.366 e. The van der Waals surface area contributed by atoms with Gasteiger partial charge >= 0.3 is 6.18 Å². The Morgan fingerprint density at radius 3 is 2.29 bits per heavy atom. The summed E-state index contributed by atoms with van der Waals surface area (Å²) in [6.07, 6.45) is -7.34. The van der Waals surface area contributed by atoms with Crippen LogP contribution in [-0.4, -0.2) is 26.6 Å². The van der Waals surface area contributed by atoms with E-state index in [9.17, 15) is 44.7 Å². The van der Waals surface area contributed by atoms with E-state index in [1.807, 2.05) is 0 Å². The number of carbonyl (C=O) groups is 2. The first-order valence-corrected chi connectivity index (χ1v) is 11.9. The Hall–Kier alpha value is -4.82. The highest BCUT2D eigenvalue weighted by molar-refractivity contribution is 5.94. The predicted octanol–water partition coefficient (Wildman–Crippen LogP) is 5.52. The first kappa shape index (κ1) is 30.1. The molecule has 2 heterocycles. The number of nitrogens with two attached hydrogens (primary N) is 1. The molecule has 0 aliphatic heterocycles. The maximum Gasteiger partial charge on any atom is 0.435 e. The van der Waals surface area contributed by atoms with Gasteiger partial charge in [0.05, 0.1) is 22.9 Å². The fraction of sp³-hybridized carbons (Fsp3) is 0.185. The second-order valence-corrected chi connectivity index (χ2v) is 9.03. The number of carbonyl (C=O) groups excluding carboxylic acids is 2. The van der Waals surface area contributed by atoms with Crippen LogP contribution < -0.4 is 11.1 Å². The SMILES string of the molecule is NC(=O)c1cc(-c2cccnc2C(Cc2cc(F)cc(F)c2)NC(=O)Cn2cc(C(F)F)c(C(F)(F)F)n2)ccc1F. The molecule has 4 aromatic rings. The van der Waals surface area contributed by atoms with E-state index >= 15 is 0 Å². The number of rotatable bonds is 9. The third-order valence-corrected chi connectivity index (χ3v) is 6.01. The van der Waals surface area contributed by atoms with E-state index in [1.165, 1.54) is 24.4 Å². The molecule has 0 spiro atoms. The van der Waals surface area contributed by atoms with Gasteiger partial charge in [-0.25, -0.2) is 22.0 Å². The summed E-state index contributed by atoms with van der Waals surface area (Å²) in [6, 6.07) is 7.71. The quantitative estimate of drug-likeness (QED) is 0.248. The summed E-state index contributed by atoms with van der Waals surface area (Å²) >= 11 is 0. The van der Waals surface area contributed by atoms with Crippen LogP contribution in [-0.2, 0) is 23.9 Å². The number of halogens is 8. The molecule has 7 nitrogen and oxygen atoms in total. The number of nitrogens with zero attached hydrogens (tertiary/aromatic N) is 3. The second-order valence-electron chi connectivity index (χ2n) is 9.03. The van der Waals surface area contributed by atoms with E-state index in [0.717, 1.165) is 24.3 Å². The number of pyridine rings is 1. The minimum Gasteiger partial charge on any atom is -0.366 e. The van der Waals surface area contributed by atoms with Crippen LogP contribution in [0.25, 0.3) is 11.1 Å². The number of hydrogen-bond donors (Lipinski definition) is 2. The van der Waals surface area contributed by atoms with Crippen molar-refractivity contribution in [2.75, 3.05) is 0 Å². The maximum atomic E-state index is 14.1. The molecule has 0 radical (unpaired) electrons. The molecule has 2 amide bonds. The van der Waals surface area contributed by atoms with Crippen molar-refractivity contribution in [3.05, 3.63) is 106 Å². The summed E-state index contributed by atoms with van der Waals surface area (Å²) in [5.74, 6) is -4.85. The number of alkyl halides is 5. The number of amides is 2. The van der Waals surface area contributed by atoms with Crippen molar-refractivity contribution in [2.45, 2.75) is 31.6 Å². The van der Waals surface area contributed by atoms with E-state index in [-0.39, 0.29) is 28.8 Å². The highest BCUT2D eigenvalue weighted by Crippen LogP contribution is 2.35. The van der Waals surface area contributed by atoms with Gasteiger partial charge in [-0.3, -0.25) is 19.3 Å². The van der Waals surface area contributed by atoms with Crippen LogP contribution in [0.15, 0.2) is 60.9 Å². The molecule has 0 aliphatic carbocycles.